The minimum Gasteiger partial charge on any atom is -0.346 e. The minimum atomic E-state index is -4.42. The molecule has 2 N–H and O–H groups in total. The quantitative estimate of drug-likeness (QED) is 0.817. The Hall–Kier alpha value is -1.63. The number of halogens is 4. The average Bonchev–Trinajstić information content (AvgIpc) is 2.32. The summed E-state index contributed by atoms with van der Waals surface area (Å²) in [4.78, 5) is 11.1. The van der Waals surface area contributed by atoms with E-state index < -0.39 is 18.6 Å². The fourth-order valence-corrected chi connectivity index (χ4v) is 1.72. The van der Waals surface area contributed by atoms with Crippen molar-refractivity contribution in [2.75, 3.05) is 13.1 Å². The molecule has 0 heterocycles. The fraction of sp³-hybridized carbons (Fsp3) is 0.462. The van der Waals surface area contributed by atoms with Crippen LogP contribution in [0.15, 0.2) is 12.1 Å². The topological polar surface area (TPSA) is 41.1 Å². The number of carbonyl (C=O) groups is 1. The molecule has 3 nitrogen and oxygen atoms in total. The normalized spacial score (nSPS) is 11.5. The molecule has 112 valence electrons. The lowest BCUT2D eigenvalue weighted by atomic mass is 10.1. The van der Waals surface area contributed by atoms with Crippen LogP contribution in [0.5, 0.6) is 0 Å². The number of benzene rings is 1. The minimum absolute atomic E-state index is 0.231. The Kier molecular flexibility index (Phi) is 5.50. The third kappa shape index (κ3) is 5.56. The first-order valence-electron chi connectivity index (χ1n) is 5.99. The zero-order chi connectivity index (χ0) is 15.3. The maximum atomic E-state index is 13.4. The highest BCUT2D eigenvalue weighted by molar-refractivity contribution is 5.78. The van der Waals surface area contributed by atoms with E-state index in [1.165, 1.54) is 0 Å². The molecule has 1 rings (SSSR count). The molecule has 0 aliphatic rings. The van der Waals surface area contributed by atoms with Gasteiger partial charge in [0.05, 0.1) is 6.54 Å². The first kappa shape index (κ1) is 16.4. The van der Waals surface area contributed by atoms with Gasteiger partial charge in [-0.05, 0) is 30.5 Å². The molecule has 0 aliphatic heterocycles. The number of rotatable bonds is 5. The van der Waals surface area contributed by atoms with E-state index in [-0.39, 0.29) is 18.9 Å². The maximum Gasteiger partial charge on any atom is 0.405 e. The summed E-state index contributed by atoms with van der Waals surface area (Å²) in [6.07, 6.45) is -4.42. The molecule has 0 fully saturated rings. The van der Waals surface area contributed by atoms with Gasteiger partial charge in [-0.25, -0.2) is 4.39 Å². The predicted molar refractivity (Wildman–Crippen MR) is 66.6 cm³/mol. The molecule has 0 unspecified atom stereocenters. The molecule has 1 amide bonds. The Balaban J connectivity index is 2.39. The van der Waals surface area contributed by atoms with Gasteiger partial charge in [-0.3, -0.25) is 4.79 Å². The van der Waals surface area contributed by atoms with Crippen LogP contribution in [0, 0.1) is 19.7 Å². The van der Waals surface area contributed by atoms with Crippen molar-refractivity contribution in [1.82, 2.24) is 10.6 Å². The van der Waals surface area contributed by atoms with E-state index in [4.69, 9.17) is 0 Å². The fourth-order valence-electron chi connectivity index (χ4n) is 1.72. The summed E-state index contributed by atoms with van der Waals surface area (Å²) in [6, 6.07) is 3.26. The van der Waals surface area contributed by atoms with Gasteiger partial charge >= 0.3 is 6.18 Å². The number of aryl methyl sites for hydroxylation is 2. The molecule has 0 aromatic heterocycles. The first-order chi connectivity index (χ1) is 9.19. The number of carbonyl (C=O) groups excluding carboxylic acids is 1. The van der Waals surface area contributed by atoms with Crippen molar-refractivity contribution in [1.29, 1.82) is 0 Å². The number of amides is 1. The van der Waals surface area contributed by atoms with Crippen molar-refractivity contribution in [3.8, 4) is 0 Å². The van der Waals surface area contributed by atoms with E-state index in [9.17, 15) is 22.4 Å². The second-order valence-electron chi connectivity index (χ2n) is 4.54. The van der Waals surface area contributed by atoms with Crippen molar-refractivity contribution in [2.24, 2.45) is 0 Å². The highest BCUT2D eigenvalue weighted by Crippen LogP contribution is 2.14. The Morgan fingerprint density at radius 3 is 2.25 bits per heavy atom. The molecule has 0 aliphatic carbocycles. The number of nitrogens with one attached hydrogen (secondary N) is 2. The summed E-state index contributed by atoms with van der Waals surface area (Å²) < 4.78 is 49.0. The zero-order valence-corrected chi connectivity index (χ0v) is 11.2. The molecule has 0 saturated heterocycles. The highest BCUT2D eigenvalue weighted by atomic mass is 19.4. The Morgan fingerprint density at radius 1 is 1.20 bits per heavy atom. The Morgan fingerprint density at radius 2 is 1.75 bits per heavy atom. The van der Waals surface area contributed by atoms with E-state index in [2.05, 4.69) is 5.32 Å². The van der Waals surface area contributed by atoms with Crippen molar-refractivity contribution >= 4 is 5.91 Å². The van der Waals surface area contributed by atoms with Gasteiger partial charge in [0.2, 0.25) is 5.91 Å². The SMILES string of the molecule is Cc1cc(CNCC(=O)NCC(F)(F)F)cc(C)c1F. The summed E-state index contributed by atoms with van der Waals surface area (Å²) in [5.41, 5.74) is 1.75. The van der Waals surface area contributed by atoms with Crippen LogP contribution < -0.4 is 10.6 Å². The van der Waals surface area contributed by atoms with Crippen LogP contribution in [-0.4, -0.2) is 25.2 Å². The summed E-state index contributed by atoms with van der Waals surface area (Å²) in [5.74, 6) is -1.02. The Bertz CT molecular complexity index is 463. The molecule has 0 bridgehead atoms. The van der Waals surface area contributed by atoms with Gasteiger partial charge in [0.1, 0.15) is 12.4 Å². The molecule has 0 atom stereocenters. The van der Waals surface area contributed by atoms with Crippen LogP contribution in [0.3, 0.4) is 0 Å². The highest BCUT2D eigenvalue weighted by Gasteiger charge is 2.27. The van der Waals surface area contributed by atoms with Crippen LogP contribution in [0.1, 0.15) is 16.7 Å². The van der Waals surface area contributed by atoms with Crippen molar-refractivity contribution in [3.63, 3.8) is 0 Å². The van der Waals surface area contributed by atoms with Crippen LogP contribution in [0.2, 0.25) is 0 Å². The van der Waals surface area contributed by atoms with Gasteiger partial charge in [0.15, 0.2) is 0 Å². The van der Waals surface area contributed by atoms with Gasteiger partial charge in [-0.1, -0.05) is 12.1 Å². The molecule has 0 saturated carbocycles. The third-order valence-electron chi connectivity index (χ3n) is 2.60. The molecule has 0 radical (unpaired) electrons. The third-order valence-corrected chi connectivity index (χ3v) is 2.60. The smallest absolute Gasteiger partial charge is 0.346 e. The van der Waals surface area contributed by atoms with Gasteiger partial charge in [0.25, 0.3) is 0 Å². The van der Waals surface area contributed by atoms with Crippen LogP contribution in [0.25, 0.3) is 0 Å². The van der Waals surface area contributed by atoms with Gasteiger partial charge in [-0.15, -0.1) is 0 Å². The molecular weight excluding hydrogens is 276 g/mol. The maximum absolute atomic E-state index is 13.4. The largest absolute Gasteiger partial charge is 0.405 e. The molecule has 1 aromatic rings. The van der Waals surface area contributed by atoms with Crippen LogP contribution in [-0.2, 0) is 11.3 Å². The summed E-state index contributed by atoms with van der Waals surface area (Å²) in [5, 5.41) is 4.46. The van der Waals surface area contributed by atoms with E-state index in [1.807, 2.05) is 0 Å². The van der Waals surface area contributed by atoms with E-state index >= 15 is 0 Å². The van der Waals surface area contributed by atoms with E-state index in [0.29, 0.717) is 11.1 Å². The zero-order valence-electron chi connectivity index (χ0n) is 11.2. The molecule has 0 spiro atoms. The molecule has 1 aromatic carbocycles. The van der Waals surface area contributed by atoms with Gasteiger partial charge < -0.3 is 10.6 Å². The lowest BCUT2D eigenvalue weighted by Crippen LogP contribution is -2.39. The number of hydrogen-bond acceptors (Lipinski definition) is 2. The Labute approximate surface area is 114 Å². The van der Waals surface area contributed by atoms with E-state index in [1.54, 1.807) is 31.3 Å². The second-order valence-corrected chi connectivity index (χ2v) is 4.54. The lowest BCUT2D eigenvalue weighted by molar-refractivity contribution is -0.137. The summed E-state index contributed by atoms with van der Waals surface area (Å²) >= 11 is 0. The molecular formula is C13H16F4N2O. The van der Waals surface area contributed by atoms with Crippen molar-refractivity contribution < 1.29 is 22.4 Å². The monoisotopic (exact) mass is 292 g/mol. The van der Waals surface area contributed by atoms with Gasteiger partial charge in [-0.2, -0.15) is 13.2 Å². The van der Waals surface area contributed by atoms with Gasteiger partial charge in [0, 0.05) is 6.54 Å². The first-order valence-corrected chi connectivity index (χ1v) is 5.99. The summed E-state index contributed by atoms with van der Waals surface area (Å²) in [6.45, 7) is 1.96. The second kappa shape index (κ2) is 6.69. The standard InChI is InChI=1S/C13H16F4N2O/c1-8-3-10(4-9(2)12(8)14)5-18-6-11(20)19-7-13(15,16)17/h3-4,18H,5-7H2,1-2H3,(H,19,20). The lowest BCUT2D eigenvalue weighted by Gasteiger charge is -2.10. The number of alkyl halides is 3. The predicted octanol–water partition coefficient (Wildman–Crippen LogP) is 2.21. The van der Waals surface area contributed by atoms with Crippen molar-refractivity contribution in [2.45, 2.75) is 26.6 Å². The van der Waals surface area contributed by atoms with Crippen LogP contribution >= 0.6 is 0 Å². The van der Waals surface area contributed by atoms with Crippen molar-refractivity contribution in [3.05, 3.63) is 34.6 Å². The number of hydrogen-bond donors (Lipinski definition) is 2. The average molecular weight is 292 g/mol. The molecule has 7 heteroatoms. The summed E-state index contributed by atoms with van der Waals surface area (Å²) in [7, 11) is 0. The van der Waals surface area contributed by atoms with Crippen LogP contribution in [0.4, 0.5) is 17.6 Å². The molecule has 20 heavy (non-hydrogen) atoms. The van der Waals surface area contributed by atoms with E-state index in [0.717, 1.165) is 5.56 Å².